The first kappa shape index (κ1) is 29.0. The highest BCUT2D eigenvalue weighted by molar-refractivity contribution is 5.87. The van der Waals surface area contributed by atoms with Gasteiger partial charge in [-0.2, -0.15) is 0 Å². The van der Waals surface area contributed by atoms with Crippen molar-refractivity contribution in [3.05, 3.63) is 0 Å². The van der Waals surface area contributed by atoms with E-state index < -0.39 is 22.8 Å². The molecule has 0 aromatic heterocycles. The largest absolute Gasteiger partial charge is 0.481 e. The van der Waals surface area contributed by atoms with E-state index in [1.807, 2.05) is 0 Å². The Hall–Kier alpha value is -1.06. The number of hydrogen-bond donors (Lipinski definition) is 2. The lowest BCUT2D eigenvalue weighted by atomic mass is 9.52. The molecule has 1 saturated carbocycles. The van der Waals surface area contributed by atoms with Crippen LogP contribution >= 0.6 is 0 Å². The van der Waals surface area contributed by atoms with Gasteiger partial charge >= 0.3 is 11.9 Å². The molecule has 0 aromatic carbocycles. The Balaban J connectivity index is 2.34. The van der Waals surface area contributed by atoms with Gasteiger partial charge in [0.2, 0.25) is 0 Å². The minimum absolute atomic E-state index is 0.504. The number of unbranched alkanes of at least 4 members (excludes halogenated alkanes) is 14. The normalized spacial score (nSPS) is 23.3. The predicted molar refractivity (Wildman–Crippen MR) is 133 cm³/mol. The minimum Gasteiger partial charge on any atom is -0.481 e. The number of carboxylic acids is 2. The van der Waals surface area contributed by atoms with E-state index in [2.05, 4.69) is 13.8 Å². The van der Waals surface area contributed by atoms with Crippen molar-refractivity contribution in [1.29, 1.82) is 0 Å². The highest BCUT2D eigenvalue weighted by Crippen LogP contribution is 2.56. The van der Waals surface area contributed by atoms with Gasteiger partial charge in [0.05, 0.1) is 10.8 Å². The van der Waals surface area contributed by atoms with E-state index in [4.69, 9.17) is 0 Å². The number of hydrogen-bond acceptors (Lipinski definition) is 2. The molecule has 0 amide bonds. The molecule has 1 aliphatic rings. The fourth-order valence-corrected chi connectivity index (χ4v) is 6.00. The van der Waals surface area contributed by atoms with Crippen LogP contribution in [0.1, 0.15) is 155 Å². The van der Waals surface area contributed by atoms with Crippen LogP contribution in [-0.4, -0.2) is 22.2 Å². The summed E-state index contributed by atoms with van der Waals surface area (Å²) in [6.07, 6.45) is 23.2. The van der Waals surface area contributed by atoms with Gasteiger partial charge in [-0.05, 0) is 25.7 Å². The van der Waals surface area contributed by atoms with Crippen LogP contribution in [-0.2, 0) is 9.59 Å². The maximum atomic E-state index is 12.5. The van der Waals surface area contributed by atoms with E-state index in [9.17, 15) is 19.8 Å². The van der Waals surface area contributed by atoms with Crippen LogP contribution in [0, 0.1) is 10.8 Å². The molecule has 2 atom stereocenters. The molecule has 1 fully saturated rings. The fraction of sp³-hybridized carbons (Fsp3) is 0.929. The number of carbonyl (C=O) groups is 2. The van der Waals surface area contributed by atoms with Crippen LogP contribution in [0.25, 0.3) is 0 Å². The zero-order chi connectivity index (χ0) is 23.7. The van der Waals surface area contributed by atoms with Crippen molar-refractivity contribution in [2.45, 2.75) is 155 Å². The third-order valence-corrected chi connectivity index (χ3v) is 8.11. The van der Waals surface area contributed by atoms with Gasteiger partial charge in [-0.1, -0.05) is 129 Å². The maximum Gasteiger partial charge on any atom is 0.310 e. The van der Waals surface area contributed by atoms with Gasteiger partial charge in [-0.3, -0.25) is 9.59 Å². The highest BCUT2D eigenvalue weighted by Gasteiger charge is 2.61. The van der Waals surface area contributed by atoms with E-state index >= 15 is 0 Å². The van der Waals surface area contributed by atoms with Gasteiger partial charge in [0, 0.05) is 0 Å². The summed E-state index contributed by atoms with van der Waals surface area (Å²) >= 11 is 0. The first-order valence-electron chi connectivity index (χ1n) is 13.9. The predicted octanol–water partition coefficient (Wildman–Crippen LogP) is 8.76. The van der Waals surface area contributed by atoms with Crippen LogP contribution < -0.4 is 0 Å². The summed E-state index contributed by atoms with van der Waals surface area (Å²) < 4.78 is 0. The number of aliphatic carboxylic acids is 2. The lowest BCUT2D eigenvalue weighted by Gasteiger charge is -2.48. The van der Waals surface area contributed by atoms with Crippen LogP contribution in [0.15, 0.2) is 0 Å². The van der Waals surface area contributed by atoms with Crippen LogP contribution in [0.4, 0.5) is 0 Å². The van der Waals surface area contributed by atoms with Crippen molar-refractivity contribution in [3.8, 4) is 0 Å². The molecule has 0 heterocycles. The highest BCUT2D eigenvalue weighted by atomic mass is 16.4. The Morgan fingerprint density at radius 3 is 1.19 bits per heavy atom. The SMILES string of the molecule is CCCCCCCCCCCCCCCCC1(C(=O)O)CCCCC1(CCCC)C(=O)O. The molecule has 4 nitrogen and oxygen atoms in total. The van der Waals surface area contributed by atoms with Gasteiger partial charge in [-0.15, -0.1) is 0 Å². The molecule has 188 valence electrons. The van der Waals surface area contributed by atoms with Crippen LogP contribution in [0.2, 0.25) is 0 Å². The summed E-state index contributed by atoms with van der Waals surface area (Å²) in [4.78, 5) is 24.8. The molecule has 32 heavy (non-hydrogen) atoms. The molecule has 1 aliphatic carbocycles. The van der Waals surface area contributed by atoms with Gasteiger partial charge in [0.25, 0.3) is 0 Å². The third-order valence-electron chi connectivity index (χ3n) is 8.11. The van der Waals surface area contributed by atoms with Crippen LogP contribution in [0.5, 0.6) is 0 Å². The molecule has 0 radical (unpaired) electrons. The van der Waals surface area contributed by atoms with Crippen molar-refractivity contribution in [2.24, 2.45) is 10.8 Å². The topological polar surface area (TPSA) is 74.6 Å². The Labute approximate surface area is 197 Å². The second-order valence-electron chi connectivity index (χ2n) is 10.4. The van der Waals surface area contributed by atoms with E-state index in [1.54, 1.807) is 0 Å². The van der Waals surface area contributed by atoms with Crippen molar-refractivity contribution < 1.29 is 19.8 Å². The Bertz CT molecular complexity index is 518. The Morgan fingerprint density at radius 2 is 0.844 bits per heavy atom. The zero-order valence-corrected chi connectivity index (χ0v) is 21.3. The lowest BCUT2D eigenvalue weighted by molar-refractivity contribution is -0.182. The summed E-state index contributed by atoms with van der Waals surface area (Å²) in [5, 5.41) is 20.4. The van der Waals surface area contributed by atoms with Gasteiger partial charge < -0.3 is 10.2 Å². The van der Waals surface area contributed by atoms with E-state index in [1.165, 1.54) is 70.6 Å². The smallest absolute Gasteiger partial charge is 0.310 e. The second-order valence-corrected chi connectivity index (χ2v) is 10.4. The molecule has 0 aromatic rings. The molecule has 0 bridgehead atoms. The molecule has 2 N–H and O–H groups in total. The maximum absolute atomic E-state index is 12.5. The van der Waals surface area contributed by atoms with E-state index in [-0.39, 0.29) is 0 Å². The second kappa shape index (κ2) is 16.5. The van der Waals surface area contributed by atoms with E-state index in [0.717, 1.165) is 44.9 Å². The molecule has 0 aliphatic heterocycles. The number of carboxylic acid groups (broad SMARTS) is 2. The zero-order valence-electron chi connectivity index (χ0n) is 21.3. The first-order valence-corrected chi connectivity index (χ1v) is 13.9. The summed E-state index contributed by atoms with van der Waals surface area (Å²) in [5.74, 6) is -1.75. The van der Waals surface area contributed by atoms with Crippen molar-refractivity contribution in [2.75, 3.05) is 0 Å². The summed E-state index contributed by atoms with van der Waals surface area (Å²) in [6, 6.07) is 0. The molecule has 0 spiro atoms. The standard InChI is InChI=1S/C28H52O4/c1-3-5-7-8-9-10-11-12-13-14-15-16-17-18-22-28(26(31)32)24-20-19-23-27(28,25(29)30)21-6-4-2/h3-24H2,1-2H3,(H,29,30)(H,31,32). The molecule has 2 unspecified atom stereocenters. The van der Waals surface area contributed by atoms with Gasteiger partial charge in [-0.25, -0.2) is 0 Å². The Kier molecular flexibility index (Phi) is 15.0. The van der Waals surface area contributed by atoms with Crippen molar-refractivity contribution >= 4 is 11.9 Å². The van der Waals surface area contributed by atoms with Crippen molar-refractivity contribution in [1.82, 2.24) is 0 Å². The van der Waals surface area contributed by atoms with Crippen LogP contribution in [0.3, 0.4) is 0 Å². The van der Waals surface area contributed by atoms with E-state index in [0.29, 0.717) is 25.7 Å². The summed E-state index contributed by atoms with van der Waals surface area (Å²) in [7, 11) is 0. The molecule has 0 saturated heterocycles. The Morgan fingerprint density at radius 1 is 0.531 bits per heavy atom. The van der Waals surface area contributed by atoms with Crippen molar-refractivity contribution in [3.63, 3.8) is 0 Å². The monoisotopic (exact) mass is 452 g/mol. The average molecular weight is 453 g/mol. The first-order chi connectivity index (χ1) is 15.5. The molecular formula is C28H52O4. The quantitative estimate of drug-likeness (QED) is 0.181. The molecule has 4 heteroatoms. The lowest BCUT2D eigenvalue weighted by Crippen LogP contribution is -2.54. The number of rotatable bonds is 20. The third kappa shape index (κ3) is 8.71. The fourth-order valence-electron chi connectivity index (χ4n) is 6.00. The average Bonchev–Trinajstić information content (AvgIpc) is 2.78. The summed E-state index contributed by atoms with van der Waals surface area (Å²) in [6.45, 7) is 4.31. The summed E-state index contributed by atoms with van der Waals surface area (Å²) in [5.41, 5.74) is -2.16. The minimum atomic E-state index is -1.08. The van der Waals surface area contributed by atoms with Gasteiger partial charge in [0.1, 0.15) is 0 Å². The van der Waals surface area contributed by atoms with Gasteiger partial charge in [0.15, 0.2) is 0 Å². The molecule has 1 rings (SSSR count). The molecular weight excluding hydrogens is 400 g/mol.